The number of benzene rings is 1. The van der Waals surface area contributed by atoms with Gasteiger partial charge in [0.05, 0.1) is 30.3 Å². The molecular weight excluding hydrogens is 404 g/mol. The van der Waals surface area contributed by atoms with Crippen molar-refractivity contribution >= 4 is 21.8 Å². The summed E-state index contributed by atoms with van der Waals surface area (Å²) in [4.78, 5) is 19.4. The van der Waals surface area contributed by atoms with Gasteiger partial charge in [0.15, 0.2) is 11.5 Å². The molecule has 1 aromatic heterocycles. The number of rotatable bonds is 3. The van der Waals surface area contributed by atoms with Crippen molar-refractivity contribution in [2.24, 2.45) is 5.92 Å². The predicted molar refractivity (Wildman–Crippen MR) is 96.1 cm³/mol. The second-order valence-electron chi connectivity index (χ2n) is 5.66. The Morgan fingerprint density at radius 3 is 2.73 bits per heavy atom. The van der Waals surface area contributed by atoms with Gasteiger partial charge in [-0.1, -0.05) is 0 Å². The van der Waals surface area contributed by atoms with E-state index in [4.69, 9.17) is 19.6 Å². The molecule has 0 bridgehead atoms. The van der Waals surface area contributed by atoms with Crippen molar-refractivity contribution in [2.45, 2.75) is 12.8 Å². The lowest BCUT2D eigenvalue weighted by Crippen LogP contribution is -2.36. The third-order valence-electron chi connectivity index (χ3n) is 4.13. The number of aromatic nitrogens is 2. The van der Waals surface area contributed by atoms with Gasteiger partial charge in [0.25, 0.3) is 5.56 Å². The summed E-state index contributed by atoms with van der Waals surface area (Å²) in [5, 5.41) is 17.7. The molecule has 26 heavy (non-hydrogen) atoms. The molecular formula is C17H15BrN4O4. The number of fused-ring (bicyclic) bond motifs is 1. The molecule has 1 aliphatic heterocycles. The van der Waals surface area contributed by atoms with Crippen molar-refractivity contribution in [3.8, 4) is 23.4 Å². The van der Waals surface area contributed by atoms with Gasteiger partial charge in [0.2, 0.25) is 11.8 Å². The molecule has 0 radical (unpaired) electrons. The fourth-order valence-corrected chi connectivity index (χ4v) is 3.64. The molecule has 134 valence electrons. The molecule has 0 amide bonds. The van der Waals surface area contributed by atoms with E-state index in [2.05, 4.69) is 32.0 Å². The van der Waals surface area contributed by atoms with Crippen LogP contribution in [0.25, 0.3) is 0 Å². The van der Waals surface area contributed by atoms with Gasteiger partial charge in [0.1, 0.15) is 11.7 Å². The lowest BCUT2D eigenvalue weighted by atomic mass is 9.80. The molecule has 0 saturated heterocycles. The first-order chi connectivity index (χ1) is 12.4. The molecule has 9 heteroatoms. The zero-order valence-electron chi connectivity index (χ0n) is 14.2. The largest absolute Gasteiger partial charge is 0.493 e. The number of nitrogens with zero attached hydrogens (tertiary/aromatic N) is 2. The van der Waals surface area contributed by atoms with E-state index < -0.39 is 17.4 Å². The van der Waals surface area contributed by atoms with Gasteiger partial charge in [-0.15, -0.1) is 0 Å². The zero-order valence-corrected chi connectivity index (χ0v) is 15.8. The second-order valence-corrected chi connectivity index (χ2v) is 6.51. The van der Waals surface area contributed by atoms with Gasteiger partial charge in [-0.2, -0.15) is 10.2 Å². The van der Waals surface area contributed by atoms with Crippen LogP contribution in [-0.2, 0) is 0 Å². The van der Waals surface area contributed by atoms with Crippen LogP contribution in [0.5, 0.6) is 17.4 Å². The van der Waals surface area contributed by atoms with Crippen LogP contribution < -0.4 is 19.8 Å². The van der Waals surface area contributed by atoms with Gasteiger partial charge in [0, 0.05) is 5.92 Å². The lowest BCUT2D eigenvalue weighted by Gasteiger charge is -2.29. The summed E-state index contributed by atoms with van der Waals surface area (Å²) in [7, 11) is 3.00. The predicted octanol–water partition coefficient (Wildman–Crippen LogP) is 2.50. The number of hydrogen-bond acceptors (Lipinski definition) is 7. The standard InChI is InChI=1S/C17H15BrN4O4/c1-7-21-16(23)13-12(9(6-19)15(20)26-17(13)22-7)8-4-10(18)14(25-3)11(5-8)24-2/h4-5,9,12,20H,1-3H3,(H,21,22,23). The maximum atomic E-state index is 12.6. The van der Waals surface area contributed by atoms with Crippen molar-refractivity contribution in [2.75, 3.05) is 14.2 Å². The molecule has 3 rings (SSSR count). The van der Waals surface area contributed by atoms with Crippen molar-refractivity contribution in [1.82, 2.24) is 9.97 Å². The number of methoxy groups -OCH3 is 2. The smallest absolute Gasteiger partial charge is 0.258 e. The molecule has 2 N–H and O–H groups in total. The van der Waals surface area contributed by atoms with E-state index in [9.17, 15) is 10.1 Å². The number of nitrogens with one attached hydrogen (secondary N) is 2. The van der Waals surface area contributed by atoms with Gasteiger partial charge < -0.3 is 19.2 Å². The van der Waals surface area contributed by atoms with Crippen LogP contribution in [-0.4, -0.2) is 30.1 Å². The Balaban J connectivity index is 2.30. The summed E-state index contributed by atoms with van der Waals surface area (Å²) in [6.07, 6.45) is 0. The third-order valence-corrected chi connectivity index (χ3v) is 4.72. The lowest BCUT2D eigenvalue weighted by molar-refractivity contribution is 0.352. The summed E-state index contributed by atoms with van der Waals surface area (Å²) in [5.41, 5.74) is 0.403. The van der Waals surface area contributed by atoms with Gasteiger partial charge >= 0.3 is 0 Å². The SMILES string of the molecule is COc1cc(C2c3c(nc(C)[nH]c3=O)OC(=N)C2C#N)cc(Br)c1OC. The van der Waals surface area contributed by atoms with E-state index in [1.54, 1.807) is 19.1 Å². The minimum Gasteiger partial charge on any atom is -0.493 e. The Hall–Kier alpha value is -2.86. The maximum absolute atomic E-state index is 12.6. The fraction of sp³-hybridized carbons (Fsp3) is 0.294. The highest BCUT2D eigenvalue weighted by Crippen LogP contribution is 2.44. The molecule has 2 unspecified atom stereocenters. The molecule has 1 aliphatic rings. The Kier molecular flexibility index (Phi) is 4.70. The minimum atomic E-state index is -0.974. The number of ether oxygens (including phenoxy) is 3. The van der Waals surface area contributed by atoms with Gasteiger partial charge in [-0.3, -0.25) is 10.2 Å². The van der Waals surface area contributed by atoms with Crippen LogP contribution in [0.15, 0.2) is 21.4 Å². The van der Waals surface area contributed by atoms with Crippen molar-refractivity contribution in [1.29, 1.82) is 10.7 Å². The summed E-state index contributed by atoms with van der Waals surface area (Å²) in [6.45, 7) is 1.62. The average Bonchev–Trinajstić information content (AvgIpc) is 2.59. The molecule has 2 atom stereocenters. The molecule has 2 aromatic rings. The van der Waals surface area contributed by atoms with E-state index in [1.807, 2.05) is 0 Å². The molecule has 8 nitrogen and oxygen atoms in total. The van der Waals surface area contributed by atoms with Crippen molar-refractivity contribution < 1.29 is 14.2 Å². The van der Waals surface area contributed by atoms with E-state index in [0.29, 0.717) is 27.4 Å². The van der Waals surface area contributed by atoms with Crippen LogP contribution in [0, 0.1) is 29.6 Å². The summed E-state index contributed by atoms with van der Waals surface area (Å²) >= 11 is 3.42. The van der Waals surface area contributed by atoms with Gasteiger partial charge in [-0.25, -0.2) is 0 Å². The van der Waals surface area contributed by atoms with Crippen LogP contribution >= 0.6 is 15.9 Å². The summed E-state index contributed by atoms with van der Waals surface area (Å²) in [6, 6.07) is 5.47. The highest BCUT2D eigenvalue weighted by atomic mass is 79.9. The van der Waals surface area contributed by atoms with Crippen LogP contribution in [0.4, 0.5) is 0 Å². The minimum absolute atomic E-state index is 0.0404. The fourth-order valence-electron chi connectivity index (χ4n) is 3.02. The van der Waals surface area contributed by atoms with Crippen LogP contribution in [0.2, 0.25) is 0 Å². The van der Waals surface area contributed by atoms with Crippen molar-refractivity contribution in [3.05, 3.63) is 43.9 Å². The Labute approximate surface area is 157 Å². The number of H-pyrrole nitrogens is 1. The molecule has 0 aliphatic carbocycles. The quantitative estimate of drug-likeness (QED) is 0.789. The Morgan fingerprint density at radius 1 is 1.38 bits per heavy atom. The maximum Gasteiger partial charge on any atom is 0.258 e. The number of hydrogen-bond donors (Lipinski definition) is 2. The second kappa shape index (κ2) is 6.80. The van der Waals surface area contributed by atoms with Crippen LogP contribution in [0.1, 0.15) is 22.9 Å². The highest BCUT2D eigenvalue weighted by molar-refractivity contribution is 9.10. The summed E-state index contributed by atoms with van der Waals surface area (Å²) in [5.74, 6) is -0.633. The molecule has 2 heterocycles. The number of nitriles is 1. The Morgan fingerprint density at radius 2 is 2.12 bits per heavy atom. The topological polar surface area (TPSA) is 121 Å². The molecule has 0 spiro atoms. The highest BCUT2D eigenvalue weighted by Gasteiger charge is 2.40. The first kappa shape index (κ1) is 17.9. The van der Waals surface area contributed by atoms with Crippen LogP contribution in [0.3, 0.4) is 0 Å². The first-order valence-corrected chi connectivity index (χ1v) is 8.38. The number of halogens is 1. The number of aryl methyl sites for hydroxylation is 1. The molecule has 1 aromatic carbocycles. The normalized spacial score (nSPS) is 18.5. The van der Waals surface area contributed by atoms with E-state index in [0.717, 1.165) is 0 Å². The van der Waals surface area contributed by atoms with E-state index >= 15 is 0 Å². The van der Waals surface area contributed by atoms with Gasteiger partial charge in [-0.05, 0) is 40.5 Å². The first-order valence-electron chi connectivity index (χ1n) is 7.59. The molecule has 0 fully saturated rings. The monoisotopic (exact) mass is 418 g/mol. The van der Waals surface area contributed by atoms with Crippen molar-refractivity contribution in [3.63, 3.8) is 0 Å². The Bertz CT molecular complexity index is 995. The summed E-state index contributed by atoms with van der Waals surface area (Å²) < 4.78 is 16.6. The third kappa shape index (κ3) is 2.82. The number of aromatic amines is 1. The zero-order chi connectivity index (χ0) is 19.0. The average molecular weight is 419 g/mol. The molecule has 0 saturated carbocycles. The van der Waals surface area contributed by atoms with E-state index in [1.165, 1.54) is 14.2 Å². The van der Waals surface area contributed by atoms with E-state index in [-0.39, 0.29) is 17.3 Å².